The summed E-state index contributed by atoms with van der Waals surface area (Å²) in [6.45, 7) is 2.81. The predicted octanol–water partition coefficient (Wildman–Crippen LogP) is 6.36. The summed E-state index contributed by atoms with van der Waals surface area (Å²) in [7, 11) is 1.63. The zero-order valence-electron chi connectivity index (χ0n) is 24.7. The van der Waals surface area contributed by atoms with E-state index in [2.05, 4.69) is 12.2 Å². The van der Waals surface area contributed by atoms with Gasteiger partial charge in [0.25, 0.3) is 0 Å². The Hall–Kier alpha value is -1.93. The van der Waals surface area contributed by atoms with E-state index in [1.54, 1.807) is 13.2 Å². The number of methoxy groups -OCH3 is 1. The zero-order chi connectivity index (χ0) is 28.3. The first-order chi connectivity index (χ1) is 19.5. The minimum Gasteiger partial charge on any atom is -0.497 e. The van der Waals surface area contributed by atoms with Gasteiger partial charge in [0, 0.05) is 12.8 Å². The summed E-state index contributed by atoms with van der Waals surface area (Å²) in [6, 6.07) is 7.33. The lowest BCUT2D eigenvalue weighted by Gasteiger charge is -2.50. The average molecular weight is 558 g/mol. The van der Waals surface area contributed by atoms with Crippen LogP contribution >= 0.6 is 0 Å². The molecule has 7 heteroatoms. The van der Waals surface area contributed by atoms with Gasteiger partial charge in [-0.3, -0.25) is 4.79 Å². The number of nitrogens with one attached hydrogen (secondary N) is 1. The lowest BCUT2D eigenvalue weighted by molar-refractivity contribution is -0.328. The molecule has 1 amide bonds. The highest BCUT2D eigenvalue weighted by Crippen LogP contribution is 2.51. The lowest BCUT2D eigenvalue weighted by Crippen LogP contribution is -2.68. The maximum Gasteiger partial charge on any atom is 0.220 e. The highest BCUT2D eigenvalue weighted by atomic mass is 16.7. The number of fused-ring (bicyclic) bond motifs is 3. The third kappa shape index (κ3) is 8.31. The summed E-state index contributed by atoms with van der Waals surface area (Å²) in [4.78, 5) is 12.7. The molecule has 2 fully saturated rings. The number of unbranched alkanes of at least 4 members (excludes halogenated alkanes) is 12. The topological polar surface area (TPSA) is 89.6 Å². The van der Waals surface area contributed by atoms with Gasteiger partial charge in [-0.2, -0.15) is 0 Å². The predicted molar refractivity (Wildman–Crippen MR) is 156 cm³/mol. The van der Waals surface area contributed by atoms with Crippen molar-refractivity contribution in [2.45, 2.75) is 139 Å². The molecule has 7 nitrogen and oxygen atoms in total. The van der Waals surface area contributed by atoms with Crippen LogP contribution in [0.3, 0.4) is 0 Å². The molecule has 1 aromatic rings. The minimum atomic E-state index is -1.37. The van der Waals surface area contributed by atoms with Crippen molar-refractivity contribution in [3.63, 3.8) is 0 Å². The normalized spacial score (nSPS) is 28.5. The van der Waals surface area contributed by atoms with E-state index in [0.29, 0.717) is 12.8 Å². The molecule has 4 rings (SSSR count). The molecule has 3 aliphatic rings. The third-order valence-electron chi connectivity index (χ3n) is 8.65. The summed E-state index contributed by atoms with van der Waals surface area (Å²) in [5.74, 6) is -0.510. The van der Waals surface area contributed by atoms with Crippen molar-refractivity contribution in [2.24, 2.45) is 0 Å². The van der Waals surface area contributed by atoms with Crippen LogP contribution in [0.4, 0.5) is 0 Å². The molecule has 0 aromatic heterocycles. The van der Waals surface area contributed by atoms with E-state index >= 15 is 0 Å². The first kappa shape index (κ1) is 31.0. The summed E-state index contributed by atoms with van der Waals surface area (Å²) in [5, 5.41) is 14.9. The Bertz CT molecular complexity index is 935. The van der Waals surface area contributed by atoms with Crippen LogP contribution in [0.25, 0.3) is 0 Å². The SMILES string of the molecule is CCCCCCCCCCCCCCCC(=O)N[C@@H]1CO[C@@]2(OCc3ccc(OC)cc3)C=C[C@@H]3O[C@@H]3[C@@]2(O)C1. The Kier molecular flexibility index (Phi) is 11.9. The van der Waals surface area contributed by atoms with Gasteiger partial charge in [-0.1, -0.05) is 102 Å². The van der Waals surface area contributed by atoms with Crippen molar-refractivity contribution in [3.8, 4) is 5.75 Å². The van der Waals surface area contributed by atoms with E-state index < -0.39 is 17.5 Å². The maximum atomic E-state index is 12.7. The monoisotopic (exact) mass is 557 g/mol. The zero-order valence-corrected chi connectivity index (χ0v) is 24.7. The van der Waals surface area contributed by atoms with Crippen LogP contribution in [0, 0.1) is 0 Å². The third-order valence-corrected chi connectivity index (χ3v) is 8.65. The summed E-state index contributed by atoms with van der Waals surface area (Å²) < 4.78 is 23.4. The van der Waals surface area contributed by atoms with Gasteiger partial charge in [0.1, 0.15) is 18.0 Å². The van der Waals surface area contributed by atoms with Crippen molar-refractivity contribution < 1.29 is 28.8 Å². The first-order valence-electron chi connectivity index (χ1n) is 15.8. The van der Waals surface area contributed by atoms with Crippen molar-refractivity contribution in [1.29, 1.82) is 0 Å². The average Bonchev–Trinajstić information content (AvgIpc) is 3.76. The van der Waals surface area contributed by atoms with Crippen LogP contribution in [-0.4, -0.2) is 54.4 Å². The molecule has 0 spiro atoms. The Balaban J connectivity index is 1.12. The van der Waals surface area contributed by atoms with Gasteiger partial charge in [-0.25, -0.2) is 0 Å². The standard InChI is InChI=1S/C33H51NO6/c1-3-4-5-6-7-8-9-10-11-12-13-14-15-16-30(35)34-27-23-32(36)31-29(40-31)21-22-33(32,39-25-27)38-24-26-17-19-28(37-2)20-18-26/h17-22,27,29,31,36H,3-16,23-25H2,1-2H3,(H,34,35)/t27-,29-,31-,32-,33-/m0/s1. The van der Waals surface area contributed by atoms with Gasteiger partial charge in [0.15, 0.2) is 5.60 Å². The number of rotatable bonds is 19. The minimum absolute atomic E-state index is 0.0199. The summed E-state index contributed by atoms with van der Waals surface area (Å²) in [5.41, 5.74) is -0.425. The number of epoxide rings is 1. The number of carbonyl (C=O) groups excluding carboxylic acids is 1. The van der Waals surface area contributed by atoms with Gasteiger partial charge < -0.3 is 29.4 Å². The van der Waals surface area contributed by atoms with Gasteiger partial charge in [0.05, 0.1) is 26.4 Å². The second kappa shape index (κ2) is 15.3. The van der Waals surface area contributed by atoms with Crippen LogP contribution in [0.2, 0.25) is 0 Å². The first-order valence-corrected chi connectivity index (χ1v) is 15.8. The largest absolute Gasteiger partial charge is 0.497 e. The number of ether oxygens (including phenoxy) is 4. The van der Waals surface area contributed by atoms with E-state index in [-0.39, 0.29) is 31.3 Å². The molecule has 2 N–H and O–H groups in total. The van der Waals surface area contributed by atoms with Crippen molar-refractivity contribution in [2.75, 3.05) is 13.7 Å². The Labute approximate surface area is 241 Å². The fourth-order valence-electron chi connectivity index (χ4n) is 6.13. The fraction of sp³-hybridized carbons (Fsp3) is 0.727. The number of carbonyl (C=O) groups is 1. The van der Waals surface area contributed by atoms with E-state index in [1.165, 1.54) is 70.6 Å². The lowest BCUT2D eigenvalue weighted by atomic mass is 9.76. The molecule has 224 valence electrons. The van der Waals surface area contributed by atoms with Crippen LogP contribution in [0.5, 0.6) is 5.75 Å². The highest BCUT2D eigenvalue weighted by molar-refractivity contribution is 5.76. The number of benzene rings is 1. The number of amides is 1. The van der Waals surface area contributed by atoms with Gasteiger partial charge >= 0.3 is 0 Å². The van der Waals surface area contributed by atoms with Gasteiger partial charge in [-0.15, -0.1) is 0 Å². The molecule has 0 saturated carbocycles. The van der Waals surface area contributed by atoms with Crippen LogP contribution in [0.1, 0.15) is 109 Å². The maximum absolute atomic E-state index is 12.7. The molecule has 2 saturated heterocycles. The van der Waals surface area contributed by atoms with Gasteiger partial charge in [-0.05, 0) is 30.2 Å². The number of hydrogen-bond acceptors (Lipinski definition) is 6. The van der Waals surface area contributed by atoms with Crippen LogP contribution in [0.15, 0.2) is 36.4 Å². The Morgan fingerprint density at radius 1 is 0.975 bits per heavy atom. The van der Waals surface area contributed by atoms with E-state index in [1.807, 2.05) is 30.3 Å². The highest BCUT2D eigenvalue weighted by Gasteiger charge is 2.69. The molecule has 1 aromatic carbocycles. The summed E-state index contributed by atoms with van der Waals surface area (Å²) in [6.07, 6.45) is 20.7. The van der Waals surface area contributed by atoms with Crippen molar-refractivity contribution in [1.82, 2.24) is 5.32 Å². The van der Waals surface area contributed by atoms with E-state index in [9.17, 15) is 9.90 Å². The van der Waals surface area contributed by atoms with E-state index in [4.69, 9.17) is 18.9 Å². The molecule has 5 atom stereocenters. The van der Waals surface area contributed by atoms with Crippen molar-refractivity contribution >= 4 is 5.91 Å². The molecule has 2 heterocycles. The Morgan fingerprint density at radius 3 is 2.23 bits per heavy atom. The number of hydrogen-bond donors (Lipinski definition) is 2. The molecule has 40 heavy (non-hydrogen) atoms. The molecule has 2 aliphatic heterocycles. The molecular weight excluding hydrogens is 506 g/mol. The quantitative estimate of drug-likeness (QED) is 0.117. The van der Waals surface area contributed by atoms with Crippen molar-refractivity contribution in [3.05, 3.63) is 42.0 Å². The molecule has 0 radical (unpaired) electrons. The smallest absolute Gasteiger partial charge is 0.220 e. The van der Waals surface area contributed by atoms with Gasteiger partial charge in [0.2, 0.25) is 11.7 Å². The van der Waals surface area contributed by atoms with E-state index in [0.717, 1.165) is 24.2 Å². The fourth-order valence-corrected chi connectivity index (χ4v) is 6.13. The molecular formula is C33H51NO6. The molecule has 0 unspecified atom stereocenters. The second-order valence-corrected chi connectivity index (χ2v) is 11.9. The second-order valence-electron chi connectivity index (χ2n) is 11.9. The van der Waals surface area contributed by atoms with Crippen LogP contribution < -0.4 is 10.1 Å². The molecule has 0 bridgehead atoms. The number of aliphatic hydroxyl groups is 1. The Morgan fingerprint density at radius 2 is 1.60 bits per heavy atom. The molecule has 1 aliphatic carbocycles. The summed E-state index contributed by atoms with van der Waals surface area (Å²) >= 11 is 0. The van der Waals surface area contributed by atoms with Crippen LogP contribution in [-0.2, 0) is 25.6 Å².